The highest BCUT2D eigenvalue weighted by Gasteiger charge is 2.14. The third-order valence-electron chi connectivity index (χ3n) is 8.84. The van der Waals surface area contributed by atoms with Crippen LogP contribution in [-0.2, 0) is 0 Å². The van der Waals surface area contributed by atoms with Gasteiger partial charge in [0.15, 0.2) is 0 Å². The number of benzene rings is 8. The van der Waals surface area contributed by atoms with Crippen LogP contribution in [0.3, 0.4) is 0 Å². The van der Waals surface area contributed by atoms with Crippen LogP contribution in [0.2, 0.25) is 0 Å². The van der Waals surface area contributed by atoms with Crippen LogP contribution in [0.4, 0.5) is 17.1 Å². The van der Waals surface area contributed by atoms with Crippen LogP contribution in [0.15, 0.2) is 200 Å². The Balaban J connectivity index is 1.15. The molecule has 0 aromatic heterocycles. The molecule has 47 heavy (non-hydrogen) atoms. The molecule has 0 aliphatic heterocycles. The van der Waals surface area contributed by atoms with E-state index < -0.39 is 0 Å². The number of rotatable bonds is 7. The molecule has 0 bridgehead atoms. The molecule has 8 aromatic rings. The molecular formula is C46H33N. The van der Waals surface area contributed by atoms with Crippen molar-refractivity contribution in [1.82, 2.24) is 0 Å². The number of nitrogens with zero attached hydrogens (tertiary/aromatic N) is 1. The van der Waals surface area contributed by atoms with Crippen LogP contribution in [0, 0.1) is 0 Å². The van der Waals surface area contributed by atoms with Gasteiger partial charge in [-0.2, -0.15) is 0 Å². The molecule has 1 heteroatoms. The minimum absolute atomic E-state index is 1.11. The Bertz CT molecular complexity index is 2280. The van der Waals surface area contributed by atoms with Gasteiger partial charge in [0.1, 0.15) is 0 Å². The van der Waals surface area contributed by atoms with Crippen LogP contribution in [-0.4, -0.2) is 0 Å². The first-order valence-electron chi connectivity index (χ1n) is 16.1. The molecular weight excluding hydrogens is 567 g/mol. The molecule has 0 atom stereocenters. The van der Waals surface area contributed by atoms with Gasteiger partial charge >= 0.3 is 0 Å². The van der Waals surface area contributed by atoms with Crippen molar-refractivity contribution in [2.45, 2.75) is 0 Å². The van der Waals surface area contributed by atoms with Gasteiger partial charge in [-0.05, 0) is 104 Å². The van der Waals surface area contributed by atoms with Gasteiger partial charge in [-0.15, -0.1) is 0 Å². The maximum absolute atomic E-state index is 2.33. The van der Waals surface area contributed by atoms with Crippen molar-refractivity contribution < 1.29 is 0 Å². The van der Waals surface area contributed by atoms with E-state index in [9.17, 15) is 0 Å². The molecule has 0 amide bonds. The minimum Gasteiger partial charge on any atom is -0.310 e. The highest BCUT2D eigenvalue weighted by atomic mass is 15.1. The zero-order chi connectivity index (χ0) is 31.4. The van der Waals surface area contributed by atoms with Crippen molar-refractivity contribution in [2.75, 3.05) is 4.90 Å². The lowest BCUT2D eigenvalue weighted by atomic mass is 9.95. The topological polar surface area (TPSA) is 3.24 Å². The fourth-order valence-corrected chi connectivity index (χ4v) is 6.50. The lowest BCUT2D eigenvalue weighted by Gasteiger charge is -2.26. The maximum atomic E-state index is 2.33. The zero-order valence-electron chi connectivity index (χ0n) is 26.0. The molecule has 0 radical (unpaired) electrons. The molecule has 8 rings (SSSR count). The molecule has 222 valence electrons. The summed E-state index contributed by atoms with van der Waals surface area (Å²) >= 11 is 0. The quantitative estimate of drug-likeness (QED) is 0.176. The van der Waals surface area contributed by atoms with Gasteiger partial charge in [0.05, 0.1) is 0 Å². The fraction of sp³-hybridized carbons (Fsp3) is 0. The Hall–Kier alpha value is -6.18. The second kappa shape index (κ2) is 12.7. The van der Waals surface area contributed by atoms with Gasteiger partial charge in [0.25, 0.3) is 0 Å². The van der Waals surface area contributed by atoms with Gasteiger partial charge in [-0.1, -0.05) is 152 Å². The van der Waals surface area contributed by atoms with Crippen molar-refractivity contribution in [3.05, 3.63) is 200 Å². The molecule has 0 heterocycles. The van der Waals surface area contributed by atoms with Crippen LogP contribution in [0.25, 0.3) is 55.3 Å². The summed E-state index contributed by atoms with van der Waals surface area (Å²) in [7, 11) is 0. The summed E-state index contributed by atoms with van der Waals surface area (Å²) in [4.78, 5) is 2.33. The summed E-state index contributed by atoms with van der Waals surface area (Å²) in [5, 5.41) is 2.53. The first-order valence-corrected chi connectivity index (χ1v) is 16.1. The number of fused-ring (bicyclic) bond motifs is 1. The third-order valence-corrected chi connectivity index (χ3v) is 8.84. The van der Waals surface area contributed by atoms with E-state index in [-0.39, 0.29) is 0 Å². The fourth-order valence-electron chi connectivity index (χ4n) is 6.50. The van der Waals surface area contributed by atoms with Crippen molar-refractivity contribution in [1.29, 1.82) is 0 Å². The summed E-state index contributed by atoms with van der Waals surface area (Å²) in [5.74, 6) is 0. The Morgan fingerprint density at radius 1 is 0.255 bits per heavy atom. The summed E-state index contributed by atoms with van der Waals surface area (Å²) in [6, 6.07) is 71.8. The van der Waals surface area contributed by atoms with Crippen LogP contribution < -0.4 is 4.90 Å². The molecule has 0 aliphatic rings. The third kappa shape index (κ3) is 5.83. The van der Waals surface area contributed by atoms with Crippen molar-refractivity contribution in [3.63, 3.8) is 0 Å². The van der Waals surface area contributed by atoms with Gasteiger partial charge in [-0.25, -0.2) is 0 Å². The number of para-hydroxylation sites is 1. The molecule has 0 spiro atoms. The average Bonchev–Trinajstić information content (AvgIpc) is 3.16. The van der Waals surface area contributed by atoms with Gasteiger partial charge < -0.3 is 4.90 Å². The summed E-state index contributed by atoms with van der Waals surface area (Å²) in [6.07, 6.45) is 0. The Labute approximate surface area is 276 Å². The molecule has 8 aromatic carbocycles. The summed E-state index contributed by atoms with van der Waals surface area (Å²) in [5.41, 5.74) is 13.0. The van der Waals surface area contributed by atoms with E-state index in [0.717, 1.165) is 17.1 Å². The molecule has 0 fully saturated rings. The van der Waals surface area contributed by atoms with Crippen LogP contribution >= 0.6 is 0 Å². The largest absolute Gasteiger partial charge is 0.310 e. The SMILES string of the molecule is c1ccc(-c2cccc(-c3cccc(N(c4ccccc4)c4ccc(-c5cccc(-c6cccc7ccccc67)c5)cc4)c3)c2)cc1. The normalized spacial score (nSPS) is 11.0. The van der Waals surface area contributed by atoms with E-state index in [4.69, 9.17) is 0 Å². The van der Waals surface area contributed by atoms with Crippen molar-refractivity contribution in [3.8, 4) is 44.5 Å². The Morgan fingerprint density at radius 3 is 1.45 bits per heavy atom. The van der Waals surface area contributed by atoms with E-state index in [1.165, 1.54) is 55.3 Å². The van der Waals surface area contributed by atoms with Crippen LogP contribution in [0.1, 0.15) is 0 Å². The predicted octanol–water partition coefficient (Wildman–Crippen LogP) is 13.0. The standard InChI is InChI=1S/C46H33N/c1-3-13-34(14-4-1)37-17-9-19-39(31-37)40-20-11-24-44(33-40)47(42-22-5-2-6-23-42)43-29-27-35(28-30-43)38-18-10-21-41(32-38)46-26-12-16-36-15-7-8-25-45(36)46/h1-33H. The molecule has 0 saturated carbocycles. The van der Waals surface area contributed by atoms with Gasteiger partial charge in [-0.3, -0.25) is 0 Å². The van der Waals surface area contributed by atoms with E-state index in [1.807, 2.05) is 0 Å². The second-order valence-electron chi connectivity index (χ2n) is 11.8. The molecule has 1 nitrogen and oxygen atoms in total. The zero-order valence-corrected chi connectivity index (χ0v) is 26.0. The first-order chi connectivity index (χ1) is 23.3. The molecule has 0 N–H and O–H groups in total. The molecule has 0 unspecified atom stereocenters. The smallest absolute Gasteiger partial charge is 0.0467 e. The van der Waals surface area contributed by atoms with E-state index in [2.05, 4.69) is 205 Å². The number of hydrogen-bond acceptors (Lipinski definition) is 1. The number of hydrogen-bond donors (Lipinski definition) is 0. The highest BCUT2D eigenvalue weighted by Crippen LogP contribution is 2.38. The lowest BCUT2D eigenvalue weighted by molar-refractivity contribution is 1.28. The van der Waals surface area contributed by atoms with E-state index in [0.29, 0.717) is 0 Å². The first kappa shape index (κ1) is 28.3. The average molecular weight is 600 g/mol. The highest BCUT2D eigenvalue weighted by molar-refractivity contribution is 5.97. The van der Waals surface area contributed by atoms with E-state index >= 15 is 0 Å². The van der Waals surface area contributed by atoms with Gasteiger partial charge in [0, 0.05) is 17.1 Å². The Kier molecular flexibility index (Phi) is 7.63. The summed E-state index contributed by atoms with van der Waals surface area (Å²) in [6.45, 7) is 0. The molecule has 0 aliphatic carbocycles. The lowest BCUT2D eigenvalue weighted by Crippen LogP contribution is -2.09. The summed E-state index contributed by atoms with van der Waals surface area (Å²) < 4.78 is 0. The van der Waals surface area contributed by atoms with Gasteiger partial charge in [0.2, 0.25) is 0 Å². The molecule has 0 saturated heterocycles. The minimum atomic E-state index is 1.11. The second-order valence-corrected chi connectivity index (χ2v) is 11.8. The monoisotopic (exact) mass is 599 g/mol. The number of anilines is 3. The van der Waals surface area contributed by atoms with Crippen molar-refractivity contribution in [2.24, 2.45) is 0 Å². The predicted molar refractivity (Wildman–Crippen MR) is 200 cm³/mol. The van der Waals surface area contributed by atoms with Crippen LogP contribution in [0.5, 0.6) is 0 Å². The Morgan fingerprint density at radius 2 is 0.702 bits per heavy atom. The maximum Gasteiger partial charge on any atom is 0.0467 e. The van der Waals surface area contributed by atoms with Crippen molar-refractivity contribution >= 4 is 27.8 Å². The van der Waals surface area contributed by atoms with E-state index in [1.54, 1.807) is 0 Å².